The number of nitrogens with two attached hydrogens (primary N) is 1. The summed E-state index contributed by atoms with van der Waals surface area (Å²) in [6, 6.07) is 0.0784. The molecule has 0 bridgehead atoms. The van der Waals surface area contributed by atoms with Crippen molar-refractivity contribution in [2.75, 3.05) is 7.11 Å². The number of methoxy groups -OCH3 is 1. The Morgan fingerprint density at radius 1 is 1.47 bits per heavy atom. The normalized spacial score (nSPS) is 13.2. The first-order valence-corrected chi connectivity index (χ1v) is 6.14. The Morgan fingerprint density at radius 2 is 2.00 bits per heavy atom. The molecule has 0 unspecified atom stereocenters. The molecule has 0 saturated carbocycles. The van der Waals surface area contributed by atoms with E-state index in [2.05, 4.69) is 20.7 Å². The van der Waals surface area contributed by atoms with Crippen molar-refractivity contribution in [2.45, 2.75) is 19.9 Å². The summed E-state index contributed by atoms with van der Waals surface area (Å²) >= 11 is 2.82. The Balaban J connectivity index is 3.35. The average molecular weight is 338 g/mol. The van der Waals surface area contributed by atoms with E-state index in [1.807, 2.05) is 0 Å². The van der Waals surface area contributed by atoms with E-state index in [1.54, 1.807) is 0 Å². The number of hydrogen-bond acceptors (Lipinski definition) is 4. The second-order valence-electron chi connectivity index (χ2n) is 4.62. The summed E-state index contributed by atoms with van der Waals surface area (Å²) < 4.78 is 31.1. The Bertz CT molecular complexity index is 520. The van der Waals surface area contributed by atoms with Crippen LogP contribution in [0.1, 0.15) is 25.5 Å². The number of phenolic OH excluding ortho intramolecular Hbond substituents is 1. The van der Waals surface area contributed by atoms with E-state index in [0.717, 1.165) is 6.07 Å². The lowest BCUT2D eigenvalue weighted by atomic mass is 9.80. The minimum Gasteiger partial charge on any atom is -0.505 e. The molecule has 0 aliphatic rings. The van der Waals surface area contributed by atoms with Crippen molar-refractivity contribution in [3.63, 3.8) is 0 Å². The third-order valence-corrected chi connectivity index (χ3v) is 3.57. The third-order valence-electron chi connectivity index (χ3n) is 2.99. The largest absolute Gasteiger partial charge is 0.505 e. The van der Waals surface area contributed by atoms with Crippen molar-refractivity contribution in [3.8, 4) is 5.75 Å². The minimum absolute atomic E-state index is 0.0822. The highest BCUT2D eigenvalue weighted by atomic mass is 79.9. The fourth-order valence-electron chi connectivity index (χ4n) is 1.62. The van der Waals surface area contributed by atoms with Gasteiger partial charge in [-0.2, -0.15) is 4.39 Å². The monoisotopic (exact) mass is 337 g/mol. The number of rotatable bonds is 3. The van der Waals surface area contributed by atoms with Crippen LogP contribution in [-0.2, 0) is 9.53 Å². The highest BCUT2D eigenvalue weighted by Gasteiger charge is 2.39. The predicted octanol–water partition coefficient (Wildman–Crippen LogP) is 2.63. The standard InChI is InChI=1S/C12H14BrF2NO3/c1-12(2,11(18)19-3)10(16)5-4-6(13)7(14)8(15)9(5)17/h4,10,17H,16H2,1-3H3/t10-/m1/s1. The molecule has 1 atom stereocenters. The zero-order chi connectivity index (χ0) is 15.0. The Morgan fingerprint density at radius 3 is 2.47 bits per heavy atom. The highest BCUT2D eigenvalue weighted by Crippen LogP contribution is 2.40. The molecule has 0 radical (unpaired) electrons. The van der Waals surface area contributed by atoms with Gasteiger partial charge < -0.3 is 15.6 Å². The molecule has 0 spiro atoms. The number of aromatic hydroxyl groups is 1. The van der Waals surface area contributed by atoms with Crippen LogP contribution < -0.4 is 5.73 Å². The summed E-state index contributed by atoms with van der Waals surface area (Å²) in [7, 11) is 1.19. The van der Waals surface area contributed by atoms with Gasteiger partial charge in [-0.25, -0.2) is 4.39 Å². The molecule has 1 aromatic carbocycles. The summed E-state index contributed by atoms with van der Waals surface area (Å²) in [5.41, 5.74) is 4.57. The molecule has 1 aromatic rings. The summed E-state index contributed by atoms with van der Waals surface area (Å²) in [6.07, 6.45) is 0. The van der Waals surface area contributed by atoms with Gasteiger partial charge in [0.15, 0.2) is 11.6 Å². The van der Waals surface area contributed by atoms with Crippen LogP contribution in [0.25, 0.3) is 0 Å². The lowest BCUT2D eigenvalue weighted by Crippen LogP contribution is -2.37. The van der Waals surface area contributed by atoms with Crippen LogP contribution in [0.2, 0.25) is 0 Å². The van der Waals surface area contributed by atoms with Crippen molar-refractivity contribution in [1.82, 2.24) is 0 Å². The van der Waals surface area contributed by atoms with Gasteiger partial charge in [0.05, 0.1) is 17.0 Å². The summed E-state index contributed by atoms with van der Waals surface area (Å²) in [4.78, 5) is 11.6. The maximum atomic E-state index is 13.5. The first-order valence-electron chi connectivity index (χ1n) is 5.35. The van der Waals surface area contributed by atoms with E-state index in [4.69, 9.17) is 5.73 Å². The highest BCUT2D eigenvalue weighted by molar-refractivity contribution is 9.10. The van der Waals surface area contributed by atoms with Gasteiger partial charge >= 0.3 is 5.97 Å². The summed E-state index contributed by atoms with van der Waals surface area (Å²) in [5, 5.41) is 9.62. The Labute approximate surface area is 117 Å². The van der Waals surface area contributed by atoms with Gasteiger partial charge in [-0.15, -0.1) is 0 Å². The first kappa shape index (κ1) is 15.8. The van der Waals surface area contributed by atoms with Crippen LogP contribution in [0.15, 0.2) is 10.5 Å². The quantitative estimate of drug-likeness (QED) is 0.656. The van der Waals surface area contributed by atoms with E-state index in [-0.39, 0.29) is 10.0 Å². The van der Waals surface area contributed by atoms with Gasteiger partial charge in [-0.1, -0.05) is 0 Å². The van der Waals surface area contributed by atoms with Crippen molar-refractivity contribution in [2.24, 2.45) is 11.1 Å². The van der Waals surface area contributed by atoms with Crippen LogP contribution in [0, 0.1) is 17.0 Å². The lowest BCUT2D eigenvalue weighted by molar-refractivity contribution is -0.152. The van der Waals surface area contributed by atoms with Crippen LogP contribution in [-0.4, -0.2) is 18.2 Å². The number of esters is 1. The van der Waals surface area contributed by atoms with Crippen LogP contribution >= 0.6 is 15.9 Å². The van der Waals surface area contributed by atoms with Crippen molar-refractivity contribution in [3.05, 3.63) is 27.7 Å². The van der Waals surface area contributed by atoms with Crippen molar-refractivity contribution in [1.29, 1.82) is 0 Å². The summed E-state index contributed by atoms with van der Waals surface area (Å²) in [6.45, 7) is 2.97. The van der Waals surface area contributed by atoms with Crippen molar-refractivity contribution < 1.29 is 23.4 Å². The molecule has 0 aliphatic heterocycles. The maximum absolute atomic E-state index is 13.5. The first-order chi connectivity index (χ1) is 8.64. The summed E-state index contributed by atoms with van der Waals surface area (Å²) in [5.74, 6) is -4.17. The number of hydrogen-bond donors (Lipinski definition) is 2. The van der Waals surface area contributed by atoms with Crippen LogP contribution in [0.4, 0.5) is 8.78 Å². The topological polar surface area (TPSA) is 72.5 Å². The molecule has 0 fully saturated rings. The average Bonchev–Trinajstić information content (AvgIpc) is 2.38. The van der Waals surface area contributed by atoms with E-state index in [1.165, 1.54) is 21.0 Å². The van der Waals surface area contributed by atoms with Gasteiger partial charge in [-0.3, -0.25) is 4.79 Å². The molecule has 7 heteroatoms. The number of phenols is 1. The molecule has 0 aliphatic carbocycles. The van der Waals surface area contributed by atoms with Gasteiger partial charge in [0.2, 0.25) is 5.82 Å². The maximum Gasteiger partial charge on any atom is 0.313 e. The molecule has 3 N–H and O–H groups in total. The predicted molar refractivity (Wildman–Crippen MR) is 68.4 cm³/mol. The molecular weight excluding hydrogens is 324 g/mol. The molecule has 106 valence electrons. The smallest absolute Gasteiger partial charge is 0.313 e. The Kier molecular flexibility index (Phi) is 4.52. The molecule has 0 amide bonds. The van der Waals surface area contributed by atoms with Crippen molar-refractivity contribution >= 4 is 21.9 Å². The van der Waals surface area contributed by atoms with E-state index < -0.39 is 34.8 Å². The third kappa shape index (κ3) is 2.71. The van der Waals surface area contributed by atoms with E-state index in [0.29, 0.717) is 0 Å². The molecular formula is C12H14BrF2NO3. The number of carbonyl (C=O) groups excluding carboxylic acids is 1. The molecule has 19 heavy (non-hydrogen) atoms. The fraction of sp³-hybridized carbons (Fsp3) is 0.417. The second-order valence-corrected chi connectivity index (χ2v) is 5.47. The van der Waals surface area contributed by atoms with Gasteiger partial charge in [0, 0.05) is 11.6 Å². The second kappa shape index (κ2) is 5.42. The van der Waals surface area contributed by atoms with E-state index in [9.17, 15) is 18.7 Å². The zero-order valence-electron chi connectivity index (χ0n) is 10.6. The molecule has 0 heterocycles. The number of benzene rings is 1. The molecule has 0 aromatic heterocycles. The number of carbonyl (C=O) groups is 1. The van der Waals surface area contributed by atoms with Gasteiger partial charge in [-0.05, 0) is 35.8 Å². The zero-order valence-corrected chi connectivity index (χ0v) is 12.2. The number of halogens is 3. The van der Waals surface area contributed by atoms with Gasteiger partial charge in [0.25, 0.3) is 0 Å². The lowest BCUT2D eigenvalue weighted by Gasteiger charge is -2.29. The fourth-order valence-corrected chi connectivity index (χ4v) is 2.04. The van der Waals surface area contributed by atoms with Gasteiger partial charge in [0.1, 0.15) is 0 Å². The minimum atomic E-state index is -1.42. The molecule has 0 saturated heterocycles. The van der Waals surface area contributed by atoms with Crippen LogP contribution in [0.3, 0.4) is 0 Å². The van der Waals surface area contributed by atoms with E-state index >= 15 is 0 Å². The molecule has 4 nitrogen and oxygen atoms in total. The Hall–Kier alpha value is -1.21. The van der Waals surface area contributed by atoms with Crippen LogP contribution in [0.5, 0.6) is 5.75 Å². The number of ether oxygens (including phenoxy) is 1. The SMILES string of the molecule is COC(=O)C(C)(C)[C@H](N)c1cc(Br)c(F)c(F)c1O. The molecule has 1 rings (SSSR count).